The maximum absolute atomic E-state index is 12.4. The van der Waals surface area contributed by atoms with E-state index in [0.29, 0.717) is 16.0 Å². The summed E-state index contributed by atoms with van der Waals surface area (Å²) in [6.45, 7) is 6.08. The number of amidine groups is 2. The molecule has 6 nitrogen and oxygen atoms in total. The lowest BCUT2D eigenvalue weighted by atomic mass is 10.1. The van der Waals surface area contributed by atoms with Gasteiger partial charge in [-0.1, -0.05) is 43.3 Å². The third-order valence-electron chi connectivity index (χ3n) is 4.09. The molecule has 1 aromatic carbocycles. The predicted octanol–water partition coefficient (Wildman–Crippen LogP) is 5.01. The second-order valence-corrected chi connectivity index (χ2v) is 8.75. The summed E-state index contributed by atoms with van der Waals surface area (Å²) in [5.74, 6) is 0.275. The normalized spacial score (nSPS) is 18.0. The number of thioether (sulfide) groups is 1. The summed E-state index contributed by atoms with van der Waals surface area (Å²) in [5.41, 5.74) is 1.37. The van der Waals surface area contributed by atoms with Crippen molar-refractivity contribution in [2.75, 3.05) is 0 Å². The lowest BCUT2D eigenvalue weighted by molar-refractivity contribution is -0.114. The summed E-state index contributed by atoms with van der Waals surface area (Å²) in [6.07, 6.45) is 1.55. The summed E-state index contributed by atoms with van der Waals surface area (Å²) in [5, 5.41) is 16.2. The first-order valence-corrected chi connectivity index (χ1v) is 10.4. The van der Waals surface area contributed by atoms with E-state index in [1.54, 1.807) is 12.1 Å². The topological polar surface area (TPSA) is 82.0 Å². The van der Waals surface area contributed by atoms with Crippen molar-refractivity contribution < 1.29 is 9.21 Å². The van der Waals surface area contributed by atoms with E-state index in [1.165, 1.54) is 34.1 Å². The fraction of sp³-hybridized carbons (Fsp3) is 0.200. The van der Waals surface area contributed by atoms with Gasteiger partial charge in [-0.3, -0.25) is 10.2 Å². The Kier molecular flexibility index (Phi) is 4.99. The van der Waals surface area contributed by atoms with Crippen molar-refractivity contribution in [2.24, 2.45) is 16.0 Å². The highest BCUT2D eigenvalue weighted by Crippen LogP contribution is 2.32. The van der Waals surface area contributed by atoms with Gasteiger partial charge in [0.15, 0.2) is 10.9 Å². The largest absolute Gasteiger partial charge is 0.450 e. The van der Waals surface area contributed by atoms with E-state index in [2.05, 4.69) is 10.1 Å². The Morgan fingerprint density at radius 1 is 1.21 bits per heavy atom. The van der Waals surface area contributed by atoms with Crippen LogP contribution in [0.4, 0.5) is 0 Å². The number of aliphatic imine (C=N–C) groups is 1. The molecule has 2 aliphatic rings. The summed E-state index contributed by atoms with van der Waals surface area (Å²) in [4.78, 5) is 17.6. The smallest absolute Gasteiger partial charge is 0.283 e. The molecule has 2 aliphatic heterocycles. The minimum atomic E-state index is -0.451. The van der Waals surface area contributed by atoms with Crippen LogP contribution in [0.15, 0.2) is 66.5 Å². The number of rotatable bonds is 4. The van der Waals surface area contributed by atoms with Gasteiger partial charge in [0, 0.05) is 10.8 Å². The van der Waals surface area contributed by atoms with Gasteiger partial charge in [-0.15, -0.1) is 0 Å². The summed E-state index contributed by atoms with van der Waals surface area (Å²) >= 11 is 2.84. The highest BCUT2D eigenvalue weighted by molar-refractivity contribution is 8.27. The van der Waals surface area contributed by atoms with Gasteiger partial charge in [0.1, 0.15) is 10.8 Å². The van der Waals surface area contributed by atoms with Gasteiger partial charge in [-0.2, -0.15) is 15.1 Å². The van der Waals surface area contributed by atoms with Crippen molar-refractivity contribution in [1.82, 2.24) is 5.01 Å². The fourth-order valence-corrected chi connectivity index (χ4v) is 4.24. The molecule has 1 amide bonds. The van der Waals surface area contributed by atoms with Crippen molar-refractivity contribution in [2.45, 2.75) is 30.8 Å². The number of nitrogens with zero attached hydrogens (tertiary/aromatic N) is 3. The highest BCUT2D eigenvalue weighted by Gasteiger charge is 2.36. The van der Waals surface area contributed by atoms with Crippen LogP contribution in [0, 0.1) is 18.3 Å². The Morgan fingerprint density at radius 3 is 2.68 bits per heavy atom. The number of nitrogens with one attached hydrogen (secondary N) is 1. The number of amides is 1. The van der Waals surface area contributed by atoms with Gasteiger partial charge < -0.3 is 4.42 Å². The second-order valence-electron chi connectivity index (χ2n) is 6.68. The molecule has 142 valence electrons. The number of fused-ring (bicyclic) bond motifs is 1. The van der Waals surface area contributed by atoms with Crippen molar-refractivity contribution >= 4 is 51.6 Å². The predicted molar refractivity (Wildman–Crippen MR) is 114 cm³/mol. The zero-order valence-electron chi connectivity index (χ0n) is 15.6. The summed E-state index contributed by atoms with van der Waals surface area (Å²) < 4.78 is 5.82. The Balaban J connectivity index is 1.56. The molecule has 4 rings (SSSR count). The molecular weight excluding hydrogens is 392 g/mol. The molecule has 0 saturated carbocycles. The number of hydrogen-bond donors (Lipinski definition) is 1. The van der Waals surface area contributed by atoms with Gasteiger partial charge >= 0.3 is 0 Å². The minimum absolute atomic E-state index is 0.0160. The van der Waals surface area contributed by atoms with Crippen LogP contribution in [0.5, 0.6) is 0 Å². The lowest BCUT2D eigenvalue weighted by Gasteiger charge is -2.19. The zero-order valence-corrected chi connectivity index (χ0v) is 17.2. The monoisotopic (exact) mass is 410 g/mol. The molecule has 1 N–H and O–H groups in total. The van der Waals surface area contributed by atoms with Gasteiger partial charge in [-0.25, -0.2) is 0 Å². The number of furan rings is 1. The Hall–Kier alpha value is -2.58. The maximum Gasteiger partial charge on any atom is 0.283 e. The van der Waals surface area contributed by atoms with Crippen molar-refractivity contribution in [3.05, 3.63) is 53.3 Å². The first kappa shape index (κ1) is 18.8. The number of benzene rings is 1. The Labute approximate surface area is 171 Å². The number of hydrazone groups is 1. The van der Waals surface area contributed by atoms with Gasteiger partial charge in [0.05, 0.1) is 5.57 Å². The molecule has 0 spiro atoms. The van der Waals surface area contributed by atoms with Crippen LogP contribution in [0.25, 0.3) is 6.08 Å². The second kappa shape index (κ2) is 7.44. The Bertz CT molecular complexity index is 1050. The van der Waals surface area contributed by atoms with E-state index in [4.69, 9.17) is 9.83 Å². The molecular formula is C20H18N4O2S2. The molecule has 0 bridgehead atoms. The quantitative estimate of drug-likeness (QED) is 0.716. The van der Waals surface area contributed by atoms with Crippen molar-refractivity contribution in [1.29, 1.82) is 5.41 Å². The molecule has 28 heavy (non-hydrogen) atoms. The average molecular weight is 411 g/mol. The number of aryl methyl sites for hydroxylation is 1. The van der Waals surface area contributed by atoms with E-state index in [9.17, 15) is 4.79 Å². The summed E-state index contributed by atoms with van der Waals surface area (Å²) in [6, 6.07) is 11.8. The van der Waals surface area contributed by atoms with E-state index < -0.39 is 5.91 Å². The number of carbonyl (C=O) groups excluding carboxylic acids is 1. The van der Waals surface area contributed by atoms with Crippen molar-refractivity contribution in [3.8, 4) is 0 Å². The lowest BCUT2D eigenvalue weighted by Crippen LogP contribution is -2.35. The first-order chi connectivity index (χ1) is 13.4. The van der Waals surface area contributed by atoms with Crippen LogP contribution in [-0.4, -0.2) is 27.0 Å². The van der Waals surface area contributed by atoms with Crippen LogP contribution >= 0.6 is 23.5 Å². The molecule has 2 aromatic rings. The maximum atomic E-state index is 12.4. The third kappa shape index (κ3) is 3.70. The third-order valence-corrected chi connectivity index (χ3v) is 6.23. The molecule has 3 heterocycles. The van der Waals surface area contributed by atoms with Crippen LogP contribution in [0.1, 0.15) is 25.2 Å². The van der Waals surface area contributed by atoms with Gasteiger partial charge in [-0.05, 0) is 49.0 Å². The van der Waals surface area contributed by atoms with Crippen LogP contribution < -0.4 is 0 Å². The van der Waals surface area contributed by atoms with E-state index >= 15 is 0 Å². The standard InChI is InChI=1S/C20H18N4O2S2/c1-11(2)19-23-24-17(21)15(18(25)22-20(24)28-19)10-13-6-9-16(26-13)27-14-7-4-12(3)5-8-14/h4-11,21H,1-3H3/b15-10-,21-17?. The molecule has 0 atom stereocenters. The number of carbonyl (C=O) groups is 1. The molecule has 8 heteroatoms. The van der Waals surface area contributed by atoms with E-state index in [-0.39, 0.29) is 17.3 Å². The zero-order chi connectivity index (χ0) is 19.8. The SMILES string of the molecule is Cc1ccc(Sc2ccc(/C=C3/C(=N)N4N=C(C(C)C)SC4=NC3=O)o2)cc1. The molecule has 0 aliphatic carbocycles. The van der Waals surface area contributed by atoms with Crippen LogP contribution in [0.2, 0.25) is 0 Å². The van der Waals surface area contributed by atoms with E-state index in [1.807, 2.05) is 51.1 Å². The van der Waals surface area contributed by atoms with Gasteiger partial charge in [0.25, 0.3) is 5.91 Å². The Morgan fingerprint density at radius 2 is 1.96 bits per heavy atom. The van der Waals surface area contributed by atoms with Crippen LogP contribution in [-0.2, 0) is 4.79 Å². The molecule has 0 fully saturated rings. The number of hydrogen-bond acceptors (Lipinski definition) is 6. The molecule has 0 unspecified atom stereocenters. The van der Waals surface area contributed by atoms with E-state index in [0.717, 1.165) is 9.94 Å². The van der Waals surface area contributed by atoms with Crippen LogP contribution in [0.3, 0.4) is 0 Å². The molecule has 1 aromatic heterocycles. The van der Waals surface area contributed by atoms with Crippen molar-refractivity contribution in [3.63, 3.8) is 0 Å². The minimum Gasteiger partial charge on any atom is -0.450 e. The fourth-order valence-electron chi connectivity index (χ4n) is 2.57. The first-order valence-electron chi connectivity index (χ1n) is 8.75. The summed E-state index contributed by atoms with van der Waals surface area (Å²) in [7, 11) is 0. The average Bonchev–Trinajstić information content (AvgIpc) is 3.27. The molecule has 0 radical (unpaired) electrons. The highest BCUT2D eigenvalue weighted by atomic mass is 32.2. The van der Waals surface area contributed by atoms with Gasteiger partial charge in [0.2, 0.25) is 5.17 Å². The molecule has 0 saturated heterocycles.